The van der Waals surface area contributed by atoms with Gasteiger partial charge in [-0.3, -0.25) is 4.79 Å². The number of hydrogen-bond donors (Lipinski definition) is 2. The predicted molar refractivity (Wildman–Crippen MR) is 66.3 cm³/mol. The van der Waals surface area contributed by atoms with Crippen LogP contribution in [0.1, 0.15) is 5.76 Å². The van der Waals surface area contributed by atoms with Crippen molar-refractivity contribution >= 4 is 11.9 Å². The average Bonchev–Trinajstić information content (AvgIpc) is 3.05. The SMILES string of the molecule is COCCN(Cc1ccco1)C(=O)[C@H]1CNC(=O)N1. The molecular weight excluding hydrogens is 250 g/mol. The number of ether oxygens (including phenoxy) is 1. The monoisotopic (exact) mass is 267 g/mol. The zero-order chi connectivity index (χ0) is 13.7. The van der Waals surface area contributed by atoms with Crippen LogP contribution in [0.5, 0.6) is 0 Å². The standard InChI is InChI=1S/C12H17N3O4/c1-18-6-4-15(8-9-3-2-5-19-9)11(16)10-7-13-12(17)14-10/h2-3,5,10H,4,6-8H2,1H3,(H2,13,14,17)/t10-/m1/s1. The van der Waals surface area contributed by atoms with Gasteiger partial charge in [0, 0.05) is 20.2 Å². The Morgan fingerprint density at radius 1 is 1.63 bits per heavy atom. The number of carbonyl (C=O) groups excluding carboxylic acids is 2. The highest BCUT2D eigenvalue weighted by molar-refractivity contribution is 5.90. The summed E-state index contributed by atoms with van der Waals surface area (Å²) < 4.78 is 10.2. The maximum absolute atomic E-state index is 12.3. The number of furan rings is 1. The van der Waals surface area contributed by atoms with Crippen molar-refractivity contribution in [3.05, 3.63) is 24.2 Å². The first-order valence-electron chi connectivity index (χ1n) is 6.05. The van der Waals surface area contributed by atoms with Gasteiger partial charge in [0.2, 0.25) is 5.91 Å². The van der Waals surface area contributed by atoms with E-state index in [-0.39, 0.29) is 11.9 Å². The molecule has 1 aromatic rings. The van der Waals surface area contributed by atoms with Crippen molar-refractivity contribution in [2.75, 3.05) is 26.8 Å². The van der Waals surface area contributed by atoms with Gasteiger partial charge >= 0.3 is 6.03 Å². The molecule has 0 bridgehead atoms. The Morgan fingerprint density at radius 2 is 2.47 bits per heavy atom. The second-order valence-electron chi connectivity index (χ2n) is 4.24. The molecule has 0 saturated carbocycles. The second kappa shape index (κ2) is 6.24. The van der Waals surface area contributed by atoms with Crippen LogP contribution in [-0.4, -0.2) is 49.7 Å². The lowest BCUT2D eigenvalue weighted by molar-refractivity contribution is -0.134. The summed E-state index contributed by atoms with van der Waals surface area (Å²) in [5.41, 5.74) is 0. The predicted octanol–water partition coefficient (Wildman–Crippen LogP) is -0.0640. The third kappa shape index (κ3) is 3.47. The van der Waals surface area contributed by atoms with Crippen LogP contribution in [0.3, 0.4) is 0 Å². The van der Waals surface area contributed by atoms with E-state index >= 15 is 0 Å². The lowest BCUT2D eigenvalue weighted by Gasteiger charge is -2.23. The summed E-state index contributed by atoms with van der Waals surface area (Å²) in [7, 11) is 1.58. The Kier molecular flexibility index (Phi) is 4.40. The summed E-state index contributed by atoms with van der Waals surface area (Å²) in [5.74, 6) is 0.550. The number of nitrogens with one attached hydrogen (secondary N) is 2. The molecule has 1 fully saturated rings. The highest BCUT2D eigenvalue weighted by Gasteiger charge is 2.30. The number of rotatable bonds is 6. The molecule has 0 aliphatic carbocycles. The Morgan fingerprint density at radius 3 is 3.05 bits per heavy atom. The van der Waals surface area contributed by atoms with E-state index in [4.69, 9.17) is 9.15 Å². The third-order valence-electron chi connectivity index (χ3n) is 2.87. The van der Waals surface area contributed by atoms with Gasteiger partial charge in [-0.05, 0) is 12.1 Å². The van der Waals surface area contributed by atoms with Crippen molar-refractivity contribution in [3.63, 3.8) is 0 Å². The summed E-state index contributed by atoms with van der Waals surface area (Å²) in [6, 6.07) is 2.73. The zero-order valence-electron chi connectivity index (χ0n) is 10.7. The molecule has 104 valence electrons. The minimum atomic E-state index is -0.528. The summed E-state index contributed by atoms with van der Waals surface area (Å²) in [5, 5.41) is 5.15. The smallest absolute Gasteiger partial charge is 0.315 e. The summed E-state index contributed by atoms with van der Waals surface area (Å²) in [6.45, 7) is 1.55. The van der Waals surface area contributed by atoms with E-state index in [1.54, 1.807) is 30.4 Å². The molecule has 0 unspecified atom stereocenters. The van der Waals surface area contributed by atoms with E-state index in [1.165, 1.54) is 0 Å². The average molecular weight is 267 g/mol. The number of carbonyl (C=O) groups is 2. The fourth-order valence-corrected chi connectivity index (χ4v) is 1.88. The molecule has 0 radical (unpaired) electrons. The van der Waals surface area contributed by atoms with Gasteiger partial charge in [-0.15, -0.1) is 0 Å². The Labute approximate surface area is 110 Å². The zero-order valence-corrected chi connectivity index (χ0v) is 10.7. The number of amides is 3. The van der Waals surface area contributed by atoms with Crippen molar-refractivity contribution in [2.45, 2.75) is 12.6 Å². The highest BCUT2D eigenvalue weighted by atomic mass is 16.5. The van der Waals surface area contributed by atoms with Gasteiger partial charge in [0.05, 0.1) is 19.4 Å². The van der Waals surface area contributed by atoms with Crippen LogP contribution >= 0.6 is 0 Å². The van der Waals surface area contributed by atoms with E-state index in [1.807, 2.05) is 0 Å². The second-order valence-corrected chi connectivity index (χ2v) is 4.24. The lowest BCUT2D eigenvalue weighted by Crippen LogP contribution is -2.46. The van der Waals surface area contributed by atoms with Crippen molar-refractivity contribution in [2.24, 2.45) is 0 Å². The fourth-order valence-electron chi connectivity index (χ4n) is 1.88. The van der Waals surface area contributed by atoms with E-state index in [2.05, 4.69) is 10.6 Å². The Balaban J connectivity index is 1.99. The molecule has 1 atom stereocenters. The number of hydrogen-bond acceptors (Lipinski definition) is 4. The molecule has 2 heterocycles. The molecule has 0 aromatic carbocycles. The Hall–Kier alpha value is -2.02. The van der Waals surface area contributed by atoms with Crippen LogP contribution in [0.15, 0.2) is 22.8 Å². The third-order valence-corrected chi connectivity index (χ3v) is 2.87. The summed E-state index contributed by atoms with van der Waals surface area (Å²) >= 11 is 0. The van der Waals surface area contributed by atoms with E-state index < -0.39 is 6.04 Å². The molecule has 1 aliphatic heterocycles. The molecule has 19 heavy (non-hydrogen) atoms. The molecule has 2 N–H and O–H groups in total. The van der Waals surface area contributed by atoms with Crippen LogP contribution in [0.4, 0.5) is 4.79 Å². The first-order valence-corrected chi connectivity index (χ1v) is 6.05. The number of urea groups is 1. The topological polar surface area (TPSA) is 83.8 Å². The molecule has 1 saturated heterocycles. The summed E-state index contributed by atoms with van der Waals surface area (Å²) in [4.78, 5) is 25.0. The first-order chi connectivity index (χ1) is 9.20. The molecule has 2 rings (SSSR count). The van der Waals surface area contributed by atoms with Crippen LogP contribution in [0.2, 0.25) is 0 Å². The van der Waals surface area contributed by atoms with Crippen LogP contribution in [0.25, 0.3) is 0 Å². The maximum atomic E-state index is 12.3. The minimum Gasteiger partial charge on any atom is -0.467 e. The molecule has 1 aromatic heterocycles. The van der Waals surface area contributed by atoms with E-state index in [0.717, 1.165) is 0 Å². The van der Waals surface area contributed by atoms with E-state index in [9.17, 15) is 9.59 Å². The number of nitrogens with zero attached hydrogens (tertiary/aromatic N) is 1. The van der Waals surface area contributed by atoms with Crippen molar-refractivity contribution in [3.8, 4) is 0 Å². The molecule has 0 spiro atoms. The normalized spacial score (nSPS) is 17.9. The molecule has 3 amide bonds. The maximum Gasteiger partial charge on any atom is 0.315 e. The van der Waals surface area contributed by atoms with Crippen LogP contribution in [0, 0.1) is 0 Å². The van der Waals surface area contributed by atoms with Crippen molar-refractivity contribution in [1.82, 2.24) is 15.5 Å². The first kappa shape index (κ1) is 13.4. The Bertz CT molecular complexity index is 432. The largest absolute Gasteiger partial charge is 0.467 e. The number of methoxy groups -OCH3 is 1. The van der Waals surface area contributed by atoms with Gasteiger partial charge in [0.25, 0.3) is 0 Å². The van der Waals surface area contributed by atoms with Crippen molar-refractivity contribution in [1.29, 1.82) is 0 Å². The van der Waals surface area contributed by atoms with Gasteiger partial charge in [-0.2, -0.15) is 0 Å². The molecule has 7 heteroatoms. The van der Waals surface area contributed by atoms with Gasteiger partial charge in [-0.1, -0.05) is 0 Å². The van der Waals surface area contributed by atoms with Gasteiger partial charge in [-0.25, -0.2) is 4.79 Å². The summed E-state index contributed by atoms with van der Waals surface area (Å²) in [6.07, 6.45) is 1.56. The fraction of sp³-hybridized carbons (Fsp3) is 0.500. The van der Waals surface area contributed by atoms with Gasteiger partial charge in [0.15, 0.2) is 0 Å². The molecular formula is C12H17N3O4. The molecule has 1 aliphatic rings. The van der Waals surface area contributed by atoms with Gasteiger partial charge < -0.3 is 24.7 Å². The van der Waals surface area contributed by atoms with E-state index in [0.29, 0.717) is 32.0 Å². The highest BCUT2D eigenvalue weighted by Crippen LogP contribution is 2.08. The molecule has 7 nitrogen and oxygen atoms in total. The van der Waals surface area contributed by atoms with Crippen LogP contribution < -0.4 is 10.6 Å². The quantitative estimate of drug-likeness (QED) is 0.756. The van der Waals surface area contributed by atoms with Crippen LogP contribution in [-0.2, 0) is 16.1 Å². The minimum absolute atomic E-state index is 0.146. The lowest BCUT2D eigenvalue weighted by atomic mass is 10.2. The van der Waals surface area contributed by atoms with Crippen molar-refractivity contribution < 1.29 is 18.7 Å². The van der Waals surface area contributed by atoms with Gasteiger partial charge in [0.1, 0.15) is 11.8 Å².